The maximum absolute atomic E-state index is 5.47. The number of nitrogens with zero attached hydrogens (tertiary/aromatic N) is 2. The van der Waals surface area contributed by atoms with Gasteiger partial charge in [0.05, 0.1) is 25.0 Å². The molecule has 2 rings (SSSR count). The first kappa shape index (κ1) is 13.4. The standard InChI is InChI=1S/C14H25N3O/c1-5-17-14(12(18-4)9-16-17)13(15-3)11-7-6-10(2)8-11/h9-11,13,15H,5-8H2,1-4H3. The minimum Gasteiger partial charge on any atom is -0.493 e. The minimum atomic E-state index is 0.354. The summed E-state index contributed by atoms with van der Waals surface area (Å²) < 4.78 is 7.53. The average Bonchev–Trinajstić information content (AvgIpc) is 2.97. The van der Waals surface area contributed by atoms with E-state index in [1.165, 1.54) is 25.0 Å². The maximum atomic E-state index is 5.47. The lowest BCUT2D eigenvalue weighted by molar-refractivity contribution is 0.336. The molecule has 102 valence electrons. The molecule has 1 N–H and O–H groups in total. The van der Waals surface area contributed by atoms with Gasteiger partial charge in [0.1, 0.15) is 0 Å². The molecule has 1 fully saturated rings. The van der Waals surface area contributed by atoms with Gasteiger partial charge in [-0.1, -0.05) is 13.3 Å². The van der Waals surface area contributed by atoms with Crippen LogP contribution in [-0.4, -0.2) is 23.9 Å². The molecule has 1 heterocycles. The smallest absolute Gasteiger partial charge is 0.161 e. The van der Waals surface area contributed by atoms with Gasteiger partial charge < -0.3 is 10.1 Å². The van der Waals surface area contributed by atoms with Gasteiger partial charge in [0.25, 0.3) is 0 Å². The van der Waals surface area contributed by atoms with Gasteiger partial charge in [0.15, 0.2) is 5.75 Å². The quantitative estimate of drug-likeness (QED) is 0.874. The van der Waals surface area contributed by atoms with Crippen molar-refractivity contribution >= 4 is 0 Å². The lowest BCUT2D eigenvalue weighted by Gasteiger charge is -2.24. The van der Waals surface area contributed by atoms with Crippen LogP contribution in [0.25, 0.3) is 0 Å². The number of nitrogens with one attached hydrogen (secondary N) is 1. The van der Waals surface area contributed by atoms with E-state index in [0.29, 0.717) is 12.0 Å². The Morgan fingerprint density at radius 2 is 2.33 bits per heavy atom. The van der Waals surface area contributed by atoms with Crippen LogP contribution in [0.4, 0.5) is 0 Å². The molecule has 0 spiro atoms. The zero-order valence-electron chi connectivity index (χ0n) is 11.9. The highest BCUT2D eigenvalue weighted by atomic mass is 16.5. The van der Waals surface area contributed by atoms with E-state index < -0.39 is 0 Å². The molecule has 3 atom stereocenters. The highest BCUT2D eigenvalue weighted by molar-refractivity contribution is 5.29. The summed E-state index contributed by atoms with van der Waals surface area (Å²) in [7, 11) is 3.77. The van der Waals surface area contributed by atoms with Gasteiger partial charge in [-0.3, -0.25) is 4.68 Å². The molecule has 4 heteroatoms. The van der Waals surface area contributed by atoms with Crippen molar-refractivity contribution in [3.05, 3.63) is 11.9 Å². The van der Waals surface area contributed by atoms with E-state index in [1.807, 2.05) is 13.2 Å². The summed E-state index contributed by atoms with van der Waals surface area (Å²) in [4.78, 5) is 0. The number of rotatable bonds is 5. The third-order valence-electron chi connectivity index (χ3n) is 4.18. The molecule has 0 saturated heterocycles. The summed E-state index contributed by atoms with van der Waals surface area (Å²) in [6, 6.07) is 0.354. The molecular formula is C14H25N3O. The Hall–Kier alpha value is -1.03. The fraction of sp³-hybridized carbons (Fsp3) is 0.786. The van der Waals surface area contributed by atoms with Gasteiger partial charge in [-0.15, -0.1) is 0 Å². The number of methoxy groups -OCH3 is 1. The van der Waals surface area contributed by atoms with E-state index in [4.69, 9.17) is 4.74 Å². The van der Waals surface area contributed by atoms with Crippen molar-refractivity contribution in [2.45, 2.75) is 45.7 Å². The largest absolute Gasteiger partial charge is 0.493 e. The van der Waals surface area contributed by atoms with Crippen molar-refractivity contribution in [2.24, 2.45) is 11.8 Å². The van der Waals surface area contributed by atoms with Crippen LogP contribution in [0.2, 0.25) is 0 Å². The fourth-order valence-electron chi connectivity index (χ4n) is 3.25. The van der Waals surface area contributed by atoms with Crippen LogP contribution in [-0.2, 0) is 6.54 Å². The van der Waals surface area contributed by atoms with Gasteiger partial charge in [-0.2, -0.15) is 5.10 Å². The van der Waals surface area contributed by atoms with Gasteiger partial charge in [-0.25, -0.2) is 0 Å². The first-order valence-electron chi connectivity index (χ1n) is 6.98. The monoisotopic (exact) mass is 251 g/mol. The zero-order chi connectivity index (χ0) is 13.1. The molecule has 1 aromatic heterocycles. The fourth-order valence-corrected chi connectivity index (χ4v) is 3.25. The molecule has 0 aromatic carbocycles. The molecular weight excluding hydrogens is 226 g/mol. The van der Waals surface area contributed by atoms with E-state index in [-0.39, 0.29) is 0 Å². The van der Waals surface area contributed by atoms with Crippen molar-refractivity contribution in [1.82, 2.24) is 15.1 Å². The first-order chi connectivity index (χ1) is 8.71. The predicted molar refractivity (Wildman–Crippen MR) is 72.8 cm³/mol. The number of hydrogen-bond donors (Lipinski definition) is 1. The molecule has 18 heavy (non-hydrogen) atoms. The van der Waals surface area contributed by atoms with Crippen LogP contribution >= 0.6 is 0 Å². The van der Waals surface area contributed by atoms with Crippen LogP contribution < -0.4 is 10.1 Å². The second-order valence-electron chi connectivity index (χ2n) is 5.36. The summed E-state index contributed by atoms with van der Waals surface area (Å²) in [5.74, 6) is 2.45. The molecule has 0 aliphatic heterocycles. The van der Waals surface area contributed by atoms with E-state index in [9.17, 15) is 0 Å². The predicted octanol–water partition coefficient (Wildman–Crippen LogP) is 2.61. The average molecular weight is 251 g/mol. The van der Waals surface area contributed by atoms with Crippen molar-refractivity contribution in [3.8, 4) is 5.75 Å². The molecule has 0 amide bonds. The summed E-state index contributed by atoms with van der Waals surface area (Å²) in [5, 5.41) is 7.89. The molecule has 4 nitrogen and oxygen atoms in total. The van der Waals surface area contributed by atoms with E-state index in [1.54, 1.807) is 7.11 Å². The van der Waals surface area contributed by atoms with Crippen LogP contribution in [0, 0.1) is 11.8 Å². The molecule has 1 aromatic rings. The second kappa shape index (κ2) is 5.74. The van der Waals surface area contributed by atoms with E-state index in [2.05, 4.69) is 28.9 Å². The molecule has 3 unspecified atom stereocenters. The number of aryl methyl sites for hydroxylation is 1. The highest BCUT2D eigenvalue weighted by Crippen LogP contribution is 2.41. The summed E-state index contributed by atoms with van der Waals surface area (Å²) in [5.41, 5.74) is 1.21. The number of hydrogen-bond acceptors (Lipinski definition) is 3. The normalized spacial score (nSPS) is 25.3. The molecule has 0 radical (unpaired) electrons. The summed E-state index contributed by atoms with van der Waals surface area (Å²) >= 11 is 0. The SMILES string of the molecule is CCn1ncc(OC)c1C(NC)C1CCC(C)C1. The van der Waals surface area contributed by atoms with Crippen molar-refractivity contribution in [2.75, 3.05) is 14.2 Å². The van der Waals surface area contributed by atoms with Gasteiger partial charge >= 0.3 is 0 Å². The van der Waals surface area contributed by atoms with Gasteiger partial charge in [-0.05, 0) is 38.6 Å². The lowest BCUT2D eigenvalue weighted by atomic mass is 9.94. The lowest BCUT2D eigenvalue weighted by Crippen LogP contribution is -2.27. The third kappa shape index (κ3) is 2.39. The first-order valence-corrected chi connectivity index (χ1v) is 6.98. The topological polar surface area (TPSA) is 39.1 Å². The Morgan fingerprint density at radius 1 is 1.56 bits per heavy atom. The zero-order valence-corrected chi connectivity index (χ0v) is 11.9. The van der Waals surface area contributed by atoms with Crippen LogP contribution in [0.3, 0.4) is 0 Å². The highest BCUT2D eigenvalue weighted by Gasteiger charge is 2.32. The molecule has 1 aliphatic rings. The van der Waals surface area contributed by atoms with E-state index in [0.717, 1.165) is 18.2 Å². The van der Waals surface area contributed by atoms with Crippen LogP contribution in [0.15, 0.2) is 6.20 Å². The third-order valence-corrected chi connectivity index (χ3v) is 4.18. The van der Waals surface area contributed by atoms with Gasteiger partial charge in [0.2, 0.25) is 0 Å². The summed E-state index contributed by atoms with van der Waals surface area (Å²) in [6.45, 7) is 5.36. The van der Waals surface area contributed by atoms with Crippen molar-refractivity contribution < 1.29 is 4.74 Å². The Morgan fingerprint density at radius 3 is 2.83 bits per heavy atom. The van der Waals surface area contributed by atoms with Crippen molar-refractivity contribution in [1.29, 1.82) is 0 Å². The minimum absolute atomic E-state index is 0.354. The van der Waals surface area contributed by atoms with E-state index >= 15 is 0 Å². The molecule has 1 aliphatic carbocycles. The number of ether oxygens (including phenoxy) is 1. The van der Waals surface area contributed by atoms with Crippen molar-refractivity contribution in [3.63, 3.8) is 0 Å². The Balaban J connectivity index is 2.28. The number of aromatic nitrogens is 2. The Kier molecular flexibility index (Phi) is 4.27. The van der Waals surface area contributed by atoms with Crippen LogP contribution in [0.5, 0.6) is 5.75 Å². The Labute approximate surface area is 110 Å². The maximum Gasteiger partial charge on any atom is 0.161 e. The van der Waals surface area contributed by atoms with Gasteiger partial charge in [0, 0.05) is 6.54 Å². The van der Waals surface area contributed by atoms with Crippen LogP contribution in [0.1, 0.15) is 44.8 Å². The Bertz CT molecular complexity index is 367. The second-order valence-corrected chi connectivity index (χ2v) is 5.36. The molecule has 0 bridgehead atoms. The molecule has 1 saturated carbocycles. The summed E-state index contributed by atoms with van der Waals surface area (Å²) in [6.07, 6.45) is 5.77.